The van der Waals surface area contributed by atoms with Gasteiger partial charge in [0, 0.05) is 5.02 Å². The molecule has 0 spiro atoms. The van der Waals surface area contributed by atoms with E-state index in [1.807, 2.05) is 0 Å². The van der Waals surface area contributed by atoms with Crippen LogP contribution in [0, 0.1) is 0 Å². The largest absolute Gasteiger partial charge is 0.480 e. The van der Waals surface area contributed by atoms with Crippen molar-refractivity contribution in [3.05, 3.63) is 54.9 Å². The number of hydrogen-bond acceptors (Lipinski definition) is 2. The van der Waals surface area contributed by atoms with E-state index in [1.165, 1.54) is 12.1 Å². The van der Waals surface area contributed by atoms with Gasteiger partial charge in [-0.15, -0.1) is 0 Å². The van der Waals surface area contributed by atoms with E-state index in [0.717, 1.165) is 0 Å². The van der Waals surface area contributed by atoms with Crippen LogP contribution in [0.5, 0.6) is 5.75 Å². The van der Waals surface area contributed by atoms with E-state index < -0.39 is 6.10 Å². The molecule has 8 heteroatoms. The predicted molar refractivity (Wildman–Crippen MR) is 99.3 cm³/mol. The van der Waals surface area contributed by atoms with Gasteiger partial charge in [0.05, 0.1) is 25.2 Å². The van der Waals surface area contributed by atoms with Crippen molar-refractivity contribution < 1.29 is 9.53 Å². The Hall–Kier alpha value is -0.650. The minimum absolute atomic E-state index is 0.285. The van der Waals surface area contributed by atoms with Crippen molar-refractivity contribution in [3.8, 4) is 5.75 Å². The molecular formula is C15H10BrCl4NO2. The monoisotopic (exact) mass is 455 g/mol. The van der Waals surface area contributed by atoms with Gasteiger partial charge in [-0.25, -0.2) is 0 Å². The Kier molecular flexibility index (Phi) is 6.46. The first-order chi connectivity index (χ1) is 10.8. The van der Waals surface area contributed by atoms with Gasteiger partial charge in [0.15, 0.2) is 6.10 Å². The maximum Gasteiger partial charge on any atom is 0.265 e. The molecule has 0 radical (unpaired) electrons. The molecule has 0 heterocycles. The van der Waals surface area contributed by atoms with E-state index in [9.17, 15) is 4.79 Å². The van der Waals surface area contributed by atoms with Gasteiger partial charge in [-0.05, 0) is 53.2 Å². The Morgan fingerprint density at radius 3 is 2.39 bits per heavy atom. The summed E-state index contributed by atoms with van der Waals surface area (Å²) >= 11 is 27.0. The minimum Gasteiger partial charge on any atom is -0.480 e. The number of ether oxygens (including phenoxy) is 1. The predicted octanol–water partition coefficient (Wildman–Crippen LogP) is 6.47. The molecule has 122 valence electrons. The molecule has 2 aromatic carbocycles. The summed E-state index contributed by atoms with van der Waals surface area (Å²) in [6.45, 7) is 1.61. The lowest BCUT2D eigenvalue weighted by molar-refractivity contribution is -0.122. The van der Waals surface area contributed by atoms with E-state index in [-0.39, 0.29) is 10.9 Å². The summed E-state index contributed by atoms with van der Waals surface area (Å²) in [4.78, 5) is 12.2. The second-order valence-electron chi connectivity index (χ2n) is 4.57. The SMILES string of the molecule is CC(Oc1ccc(Cl)cc1Br)C(=O)Nc1cc(Cl)c(Cl)cc1Cl. The van der Waals surface area contributed by atoms with E-state index in [1.54, 1.807) is 25.1 Å². The fourth-order valence-electron chi connectivity index (χ4n) is 1.67. The van der Waals surface area contributed by atoms with Crippen LogP contribution in [0.25, 0.3) is 0 Å². The molecule has 0 saturated carbocycles. The van der Waals surface area contributed by atoms with Crippen LogP contribution in [0.1, 0.15) is 6.92 Å². The molecule has 1 amide bonds. The van der Waals surface area contributed by atoms with Crippen LogP contribution >= 0.6 is 62.3 Å². The van der Waals surface area contributed by atoms with Gasteiger partial charge in [0.25, 0.3) is 5.91 Å². The van der Waals surface area contributed by atoms with Crippen LogP contribution in [0.3, 0.4) is 0 Å². The Morgan fingerprint density at radius 2 is 1.74 bits per heavy atom. The maximum absolute atomic E-state index is 12.2. The van der Waals surface area contributed by atoms with Crippen molar-refractivity contribution in [2.45, 2.75) is 13.0 Å². The zero-order valence-electron chi connectivity index (χ0n) is 11.7. The highest BCUT2D eigenvalue weighted by atomic mass is 79.9. The molecule has 0 aliphatic carbocycles. The second-order valence-corrected chi connectivity index (χ2v) is 7.08. The van der Waals surface area contributed by atoms with E-state index >= 15 is 0 Å². The molecule has 1 N–H and O–H groups in total. The van der Waals surface area contributed by atoms with Gasteiger partial charge >= 0.3 is 0 Å². The first-order valence-electron chi connectivity index (χ1n) is 6.35. The summed E-state index contributed by atoms with van der Waals surface area (Å²) in [5, 5.41) is 4.09. The number of nitrogens with one attached hydrogen (secondary N) is 1. The van der Waals surface area contributed by atoms with Gasteiger partial charge in [-0.2, -0.15) is 0 Å². The Morgan fingerprint density at radius 1 is 1.09 bits per heavy atom. The van der Waals surface area contributed by atoms with Crippen LogP contribution in [-0.4, -0.2) is 12.0 Å². The number of carbonyl (C=O) groups excluding carboxylic acids is 1. The highest BCUT2D eigenvalue weighted by Gasteiger charge is 2.18. The molecule has 0 saturated heterocycles. The Balaban J connectivity index is 2.10. The third-order valence-electron chi connectivity index (χ3n) is 2.83. The van der Waals surface area contributed by atoms with E-state index in [4.69, 9.17) is 51.1 Å². The quantitative estimate of drug-likeness (QED) is 0.534. The maximum atomic E-state index is 12.2. The van der Waals surface area contributed by atoms with Crippen molar-refractivity contribution in [1.29, 1.82) is 0 Å². The standard InChI is InChI=1S/C15H10BrCl4NO2/c1-7(23-14-3-2-8(17)4-9(14)16)15(22)21-13-6-11(19)10(18)5-12(13)20/h2-7H,1H3,(H,21,22). The van der Waals surface area contributed by atoms with Crippen LogP contribution in [0.2, 0.25) is 20.1 Å². The number of rotatable bonds is 4. The highest BCUT2D eigenvalue weighted by Crippen LogP contribution is 2.33. The third-order valence-corrected chi connectivity index (χ3v) is 4.72. The van der Waals surface area contributed by atoms with E-state index in [2.05, 4.69) is 21.2 Å². The molecule has 1 atom stereocenters. The molecule has 2 rings (SSSR count). The molecule has 0 fully saturated rings. The molecule has 0 aliphatic heterocycles. The van der Waals surface area contributed by atoms with Gasteiger partial charge in [-0.1, -0.05) is 46.4 Å². The molecule has 0 aliphatic rings. The van der Waals surface area contributed by atoms with Crippen LogP contribution in [0.4, 0.5) is 5.69 Å². The van der Waals surface area contributed by atoms with Crippen LogP contribution < -0.4 is 10.1 Å². The van der Waals surface area contributed by atoms with Crippen LogP contribution in [-0.2, 0) is 4.79 Å². The summed E-state index contributed by atoms with van der Waals surface area (Å²) in [5.41, 5.74) is 0.358. The smallest absolute Gasteiger partial charge is 0.265 e. The first-order valence-corrected chi connectivity index (χ1v) is 8.65. The minimum atomic E-state index is -0.766. The highest BCUT2D eigenvalue weighted by molar-refractivity contribution is 9.10. The number of anilines is 1. The molecule has 3 nitrogen and oxygen atoms in total. The van der Waals surface area contributed by atoms with Crippen molar-refractivity contribution >= 4 is 73.9 Å². The number of benzene rings is 2. The molecular weight excluding hydrogens is 448 g/mol. The number of halogens is 5. The number of hydrogen-bond donors (Lipinski definition) is 1. The lowest BCUT2D eigenvalue weighted by Crippen LogP contribution is -2.30. The van der Waals surface area contributed by atoms with Crippen molar-refractivity contribution in [1.82, 2.24) is 0 Å². The fraction of sp³-hybridized carbons (Fsp3) is 0.133. The van der Waals surface area contributed by atoms with E-state index in [0.29, 0.717) is 31.0 Å². The van der Waals surface area contributed by atoms with Gasteiger partial charge in [-0.3, -0.25) is 4.79 Å². The molecule has 0 aromatic heterocycles. The molecule has 1 unspecified atom stereocenters. The lowest BCUT2D eigenvalue weighted by Gasteiger charge is -2.16. The van der Waals surface area contributed by atoms with Crippen molar-refractivity contribution in [2.24, 2.45) is 0 Å². The zero-order chi connectivity index (χ0) is 17.1. The van der Waals surface area contributed by atoms with Gasteiger partial charge in [0.2, 0.25) is 0 Å². The first kappa shape index (κ1) is 18.7. The number of amides is 1. The average Bonchev–Trinajstić information content (AvgIpc) is 2.47. The summed E-state index contributed by atoms with van der Waals surface area (Å²) in [6, 6.07) is 7.96. The van der Waals surface area contributed by atoms with Crippen LogP contribution in [0.15, 0.2) is 34.8 Å². The molecule has 0 bridgehead atoms. The van der Waals surface area contributed by atoms with Gasteiger partial charge in [0.1, 0.15) is 5.75 Å². The fourth-order valence-corrected chi connectivity index (χ4v) is 3.04. The summed E-state index contributed by atoms with van der Waals surface area (Å²) in [7, 11) is 0. The zero-order valence-corrected chi connectivity index (χ0v) is 16.3. The summed E-state index contributed by atoms with van der Waals surface area (Å²) in [5.74, 6) is 0.115. The topological polar surface area (TPSA) is 38.3 Å². The molecule has 2 aromatic rings. The second kappa shape index (κ2) is 7.95. The molecule has 23 heavy (non-hydrogen) atoms. The summed E-state index contributed by atoms with van der Waals surface area (Å²) in [6.07, 6.45) is -0.766. The lowest BCUT2D eigenvalue weighted by atomic mass is 10.3. The van der Waals surface area contributed by atoms with Crippen molar-refractivity contribution in [2.75, 3.05) is 5.32 Å². The average molecular weight is 458 g/mol. The normalized spacial score (nSPS) is 11.9. The van der Waals surface area contributed by atoms with Gasteiger partial charge < -0.3 is 10.1 Å². The Bertz CT molecular complexity index is 754. The Labute approximate surface area is 161 Å². The summed E-state index contributed by atoms with van der Waals surface area (Å²) < 4.78 is 6.26. The number of carbonyl (C=O) groups is 1. The third kappa shape index (κ3) is 4.91. The van der Waals surface area contributed by atoms with Crippen molar-refractivity contribution in [3.63, 3.8) is 0 Å².